The number of amides is 12. The summed E-state index contributed by atoms with van der Waals surface area (Å²) in [5.41, 5.74) is 0.943. The van der Waals surface area contributed by atoms with Gasteiger partial charge in [-0.1, -0.05) is 12.6 Å². The van der Waals surface area contributed by atoms with Crippen LogP contribution in [0.2, 0.25) is 0 Å². The zero-order chi connectivity index (χ0) is 101. The Balaban J connectivity index is 0.000000132. The lowest BCUT2D eigenvalue weighted by Gasteiger charge is -2.43. The Morgan fingerprint density at radius 1 is 0.345 bits per heavy atom. The fourth-order valence-corrected chi connectivity index (χ4v) is 26.7. The molecular formula is C106H181F7N22O7. The highest BCUT2D eigenvalue weighted by Crippen LogP contribution is 2.42. The number of rotatable bonds is 13. The molecule has 0 spiro atoms. The molecule has 20 rings (SSSR count). The molecule has 0 bridgehead atoms. The molecule has 19 saturated heterocycles. The standard InChI is InChI=1S/C18H28N4O.C15H26F3N3.C15H25F2N3O.C15H27N3O2.C15H27N3O.C14H23F2N3O.C14H25N3O/c1-20-12-8-15(9-13-20)17-7-5-11-22(17)18(23)21(2)14-16-6-3-4-10-19-16;1-12(20(3)11-15(16,17)18)21-8-4-5-14(21)13-6-9-19(2)10-7-13;1-18-8-4-12(5-9-18)13-3-2-7-20(13)14(21)19-10-6-15(16,17)11-19;1-16-8-5-12(6-9-16)14-4-3-7-18(14)15(19)17(2)13-10-20-11-13;1-16-11-6-13(7-12-16)14-5-4-10-18(14)15(19)17-8-2-3-9-17;1-17-7-4-11(5-8-17)12-3-2-6-19(12)13(20)18-9-14(15,16)10-18;1-15-10-5-12(6-11-15)13-4-2-9-17(13)14(18)16-7-3-8-16/h3-4,6,10,15,17H,5,7-9,11-14H2,1-2H3;13-14H,1,4-11H2,2-3H3;12-13H,2-11H2,1H3;12-14H,3-11H2,1-2H3;13-14H,2-12H2,1H3;11-12H,2-10H2,1H3;12-13H,2-11H2,1H3/t17-;14-;13-;2*14-;12-;13-/m0000000/s1. The van der Waals surface area contributed by atoms with Crippen molar-refractivity contribution in [1.29, 1.82) is 0 Å². The Morgan fingerprint density at radius 3 is 0.915 bits per heavy atom. The predicted octanol–water partition coefficient (Wildman–Crippen LogP) is 14.2. The van der Waals surface area contributed by atoms with Gasteiger partial charge in [0.05, 0.1) is 56.9 Å². The number of aromatic nitrogens is 1. The van der Waals surface area contributed by atoms with E-state index in [1.54, 1.807) is 6.20 Å². The van der Waals surface area contributed by atoms with Gasteiger partial charge >= 0.3 is 42.4 Å². The van der Waals surface area contributed by atoms with Gasteiger partial charge in [-0.25, -0.2) is 46.3 Å². The van der Waals surface area contributed by atoms with E-state index in [0.29, 0.717) is 103 Å². The molecule has 12 amide bonds. The molecule has 19 aliphatic rings. The number of urea groups is 6. The molecule has 0 radical (unpaired) electrons. The van der Waals surface area contributed by atoms with Crippen molar-refractivity contribution in [1.82, 2.24) is 108 Å². The molecule has 0 aromatic carbocycles. The van der Waals surface area contributed by atoms with E-state index in [-0.39, 0.29) is 49.2 Å². The maximum absolute atomic E-state index is 13.3. The van der Waals surface area contributed by atoms with Crippen LogP contribution in [-0.4, -0.2) is 490 Å². The highest BCUT2D eigenvalue weighted by atomic mass is 19.4. The first-order valence-corrected chi connectivity index (χ1v) is 55.6. The number of carbonyl (C=O) groups excluding carboxylic acids is 6. The maximum atomic E-state index is 13.3. The predicted molar refractivity (Wildman–Crippen MR) is 543 cm³/mol. The van der Waals surface area contributed by atoms with Gasteiger partial charge in [-0.05, 0) is 394 Å². The number of alkyl halides is 7. The number of likely N-dealkylation sites (tertiary alicyclic amines) is 18. The average molecular weight is 2010 g/mol. The molecule has 0 N–H and O–H groups in total. The summed E-state index contributed by atoms with van der Waals surface area (Å²) in [5, 5.41) is 0. The van der Waals surface area contributed by atoms with Crippen molar-refractivity contribution in [2.24, 2.45) is 41.4 Å². The van der Waals surface area contributed by atoms with Crippen molar-refractivity contribution in [3.05, 3.63) is 42.5 Å². The van der Waals surface area contributed by atoms with Crippen LogP contribution in [0.3, 0.4) is 0 Å². The van der Waals surface area contributed by atoms with E-state index in [1.165, 1.54) is 164 Å². The van der Waals surface area contributed by atoms with Crippen LogP contribution in [0.25, 0.3) is 0 Å². The molecule has 0 unspecified atom stereocenters. The van der Waals surface area contributed by atoms with Crippen LogP contribution in [0, 0.1) is 41.4 Å². The number of nitrogens with zero attached hydrogens (tertiary/aromatic N) is 22. The number of piperidine rings is 7. The van der Waals surface area contributed by atoms with E-state index in [0.717, 1.165) is 238 Å². The zero-order valence-electron chi connectivity index (χ0n) is 88.5. The molecule has 0 aliphatic carbocycles. The van der Waals surface area contributed by atoms with Gasteiger partial charge in [-0.2, -0.15) is 13.2 Å². The Morgan fingerprint density at radius 2 is 0.634 bits per heavy atom. The molecule has 1 aromatic rings. The normalized spacial score (nSPS) is 28.6. The van der Waals surface area contributed by atoms with Gasteiger partial charge in [-0.3, -0.25) is 4.98 Å². The molecule has 806 valence electrons. The van der Waals surface area contributed by atoms with E-state index in [4.69, 9.17) is 4.74 Å². The summed E-state index contributed by atoms with van der Waals surface area (Å²) in [6.45, 7) is 30.0. The lowest BCUT2D eigenvalue weighted by atomic mass is 9.88. The topological polar surface area (TPSA) is 193 Å². The molecule has 1 aromatic heterocycles. The number of halogens is 7. The van der Waals surface area contributed by atoms with Crippen LogP contribution in [0.15, 0.2) is 36.8 Å². The highest BCUT2D eigenvalue weighted by molar-refractivity contribution is 5.78. The molecule has 0 saturated carbocycles. The van der Waals surface area contributed by atoms with Crippen LogP contribution in [-0.2, 0) is 11.3 Å². The molecule has 29 nitrogen and oxygen atoms in total. The summed E-state index contributed by atoms with van der Waals surface area (Å²) in [6.07, 6.45) is 33.4. The minimum Gasteiger partial charge on any atom is -0.377 e. The molecular weight excluding hydrogens is 1830 g/mol. The Kier molecular flexibility index (Phi) is 40.6. The van der Waals surface area contributed by atoms with Crippen LogP contribution in [0.4, 0.5) is 59.5 Å². The maximum Gasteiger partial charge on any atom is 0.405 e. The molecule has 36 heteroatoms. The van der Waals surface area contributed by atoms with Gasteiger partial charge in [-0.15, -0.1) is 0 Å². The average Bonchev–Trinajstić information content (AvgIpc) is 1.12. The van der Waals surface area contributed by atoms with Crippen LogP contribution in [0.5, 0.6) is 0 Å². The Labute approximate surface area is 846 Å². The second kappa shape index (κ2) is 52.0. The largest absolute Gasteiger partial charge is 0.405 e. The van der Waals surface area contributed by atoms with Crippen molar-refractivity contribution in [2.75, 3.05) is 280 Å². The quantitative estimate of drug-likeness (QED) is 0.169. The number of pyridine rings is 1. The minimum atomic E-state index is -4.18. The fraction of sp³-hybridized carbons (Fsp3) is 0.877. The van der Waals surface area contributed by atoms with Crippen molar-refractivity contribution in [2.45, 2.75) is 278 Å². The monoisotopic (exact) mass is 2010 g/mol. The third-order valence-corrected chi connectivity index (χ3v) is 35.9. The van der Waals surface area contributed by atoms with E-state index in [1.807, 2.05) is 56.8 Å². The van der Waals surface area contributed by atoms with Crippen molar-refractivity contribution in [3.63, 3.8) is 0 Å². The highest BCUT2D eigenvalue weighted by Gasteiger charge is 2.52. The van der Waals surface area contributed by atoms with Crippen LogP contribution >= 0.6 is 0 Å². The van der Waals surface area contributed by atoms with Gasteiger partial charge in [0.15, 0.2) is 0 Å². The molecule has 19 aliphatic heterocycles. The molecule has 20 heterocycles. The van der Waals surface area contributed by atoms with E-state index in [9.17, 15) is 59.5 Å². The van der Waals surface area contributed by atoms with Gasteiger partial charge in [0.25, 0.3) is 11.8 Å². The third kappa shape index (κ3) is 30.1. The Hall–Kier alpha value is -6.70. The molecule has 142 heavy (non-hydrogen) atoms. The second-order valence-corrected chi connectivity index (χ2v) is 46.1. The number of hydrogen-bond donors (Lipinski definition) is 0. The first kappa shape index (κ1) is 111. The van der Waals surface area contributed by atoms with Gasteiger partial charge in [0.2, 0.25) is 0 Å². The number of carbonyl (C=O) groups is 6. The summed E-state index contributed by atoms with van der Waals surface area (Å²) >= 11 is 0. The zero-order valence-corrected chi connectivity index (χ0v) is 88.5. The Bertz CT molecular complexity index is 4050. The molecule has 19 fully saturated rings. The van der Waals surface area contributed by atoms with Gasteiger partial charge in [0, 0.05) is 155 Å². The summed E-state index contributed by atoms with van der Waals surface area (Å²) in [6, 6.07) is 9.72. The fourth-order valence-electron chi connectivity index (χ4n) is 26.7. The minimum absolute atomic E-state index is 0.159. The SMILES string of the molecule is C=C(N(C)CC(F)(F)F)N1CCC[C@H]1C1CCN(C)CC1.CN1CCC([C@@H]2CCCN2C(=O)N(C)C2COC2)CC1.CN1CCC([C@@H]2CCCN2C(=O)N(C)Cc2ccccn2)CC1.CN1CCC([C@@H]2CCCN2C(=O)N2CC(F)(F)C2)CC1.CN1CCC([C@@H]2CCCN2C(=O)N2CCC(F)(F)C2)CC1.CN1CCC([C@@H]2CCCN2C(=O)N2CCC2)CC1.CN1CCC([C@@H]2CCCN2C(=O)N2CCCC2)CC1. The smallest absolute Gasteiger partial charge is 0.377 e. The van der Waals surface area contributed by atoms with Gasteiger partial charge in [0.1, 0.15) is 6.54 Å². The number of hydrogen-bond acceptors (Lipinski definition) is 17. The van der Waals surface area contributed by atoms with E-state index in [2.05, 4.69) is 125 Å². The third-order valence-electron chi connectivity index (χ3n) is 35.9. The lowest BCUT2D eigenvalue weighted by Crippen LogP contribution is -2.62. The van der Waals surface area contributed by atoms with E-state index < -0.39 is 44.2 Å². The number of ether oxygens (including phenoxy) is 1. The summed E-state index contributed by atoms with van der Waals surface area (Å²) in [7, 11) is 20.5. The van der Waals surface area contributed by atoms with Crippen LogP contribution in [0.1, 0.15) is 211 Å². The summed E-state index contributed by atoms with van der Waals surface area (Å²) in [5.74, 6) is -0.330. The van der Waals surface area contributed by atoms with Crippen molar-refractivity contribution in [3.8, 4) is 0 Å². The van der Waals surface area contributed by atoms with Crippen LogP contribution < -0.4 is 0 Å². The van der Waals surface area contributed by atoms with E-state index >= 15 is 0 Å². The first-order chi connectivity index (χ1) is 68.0. The van der Waals surface area contributed by atoms with Crippen molar-refractivity contribution >= 4 is 36.2 Å². The lowest BCUT2D eigenvalue weighted by molar-refractivity contribution is -0.142. The first-order valence-electron chi connectivity index (χ1n) is 55.6. The molecule has 7 atom stereocenters. The summed E-state index contributed by atoms with van der Waals surface area (Å²) < 4.78 is 95.3. The van der Waals surface area contributed by atoms with Gasteiger partial charge < -0.3 is 108 Å². The second-order valence-electron chi connectivity index (χ2n) is 46.1. The van der Waals surface area contributed by atoms with Crippen molar-refractivity contribution < 1.29 is 64.2 Å². The number of likely N-dealkylation sites (N-methyl/N-ethyl adjacent to an activating group) is 1. The summed E-state index contributed by atoms with van der Waals surface area (Å²) in [4.78, 5) is 123.